The van der Waals surface area contributed by atoms with Crippen molar-refractivity contribution in [1.29, 1.82) is 0 Å². The summed E-state index contributed by atoms with van der Waals surface area (Å²) in [5.41, 5.74) is -2.11. The number of alkyl halides is 3. The van der Waals surface area contributed by atoms with Crippen LogP contribution in [-0.4, -0.2) is 35.4 Å². The molecule has 4 rings (SSSR count). The van der Waals surface area contributed by atoms with Crippen molar-refractivity contribution in [3.63, 3.8) is 0 Å². The van der Waals surface area contributed by atoms with E-state index < -0.39 is 52.9 Å². The van der Waals surface area contributed by atoms with Crippen LogP contribution in [0.15, 0.2) is 82.4 Å². The Kier molecular flexibility index (Phi) is 10.6. The molecule has 0 unspecified atom stereocenters. The monoisotopic (exact) mass is 627 g/mol. The first kappa shape index (κ1) is 33.2. The molecule has 0 bridgehead atoms. The first-order valence-electron chi connectivity index (χ1n) is 14.3. The fourth-order valence-corrected chi connectivity index (χ4v) is 5.22. The number of carbonyl (C=O) groups excluding carboxylic acids is 1. The Bertz CT molecular complexity index is 1770. The van der Waals surface area contributed by atoms with Crippen LogP contribution < -0.4 is 21.3 Å². The minimum atomic E-state index is -4.87. The molecule has 12 heteroatoms. The maximum atomic E-state index is 14.9. The van der Waals surface area contributed by atoms with Crippen molar-refractivity contribution in [2.75, 3.05) is 20.3 Å². The van der Waals surface area contributed by atoms with Crippen LogP contribution in [0.3, 0.4) is 0 Å². The fraction of sp³-hybridized carbons (Fsp3) is 0.303. The van der Waals surface area contributed by atoms with Crippen LogP contribution in [0.4, 0.5) is 17.6 Å². The molecule has 0 amide bonds. The van der Waals surface area contributed by atoms with Crippen molar-refractivity contribution >= 4 is 5.97 Å². The van der Waals surface area contributed by atoms with Gasteiger partial charge in [-0.1, -0.05) is 54.6 Å². The normalized spacial score (nSPS) is 12.2. The highest BCUT2D eigenvalue weighted by Crippen LogP contribution is 2.34. The van der Waals surface area contributed by atoms with Gasteiger partial charge in [-0.05, 0) is 51.1 Å². The molecule has 238 valence electrons. The molecule has 0 saturated heterocycles. The largest absolute Gasteiger partial charge is 0.482 e. The summed E-state index contributed by atoms with van der Waals surface area (Å²) < 4.78 is 69.0. The molecule has 0 spiro atoms. The van der Waals surface area contributed by atoms with Crippen LogP contribution in [0.1, 0.15) is 41.8 Å². The Morgan fingerprint density at radius 1 is 0.956 bits per heavy atom. The molecule has 1 N–H and O–H groups in total. The molecule has 1 heterocycles. The third-order valence-corrected chi connectivity index (χ3v) is 7.43. The van der Waals surface area contributed by atoms with Gasteiger partial charge in [-0.2, -0.15) is 13.2 Å². The van der Waals surface area contributed by atoms with Crippen molar-refractivity contribution in [3.05, 3.63) is 122 Å². The van der Waals surface area contributed by atoms with Crippen molar-refractivity contribution < 1.29 is 31.8 Å². The van der Waals surface area contributed by atoms with Gasteiger partial charge in [0.25, 0.3) is 5.56 Å². The van der Waals surface area contributed by atoms with Crippen molar-refractivity contribution in [2.45, 2.75) is 45.6 Å². The molecule has 1 aromatic heterocycles. The first-order chi connectivity index (χ1) is 21.5. The number of ether oxygens (including phenoxy) is 2. The van der Waals surface area contributed by atoms with Crippen LogP contribution in [0, 0.1) is 12.7 Å². The quantitative estimate of drug-likeness (QED) is 0.165. The van der Waals surface area contributed by atoms with E-state index in [4.69, 9.17) is 9.47 Å². The van der Waals surface area contributed by atoms with Gasteiger partial charge in [-0.3, -0.25) is 13.9 Å². The summed E-state index contributed by atoms with van der Waals surface area (Å²) in [4.78, 5) is 39.6. The Balaban J connectivity index is 1.78. The molecule has 0 saturated carbocycles. The van der Waals surface area contributed by atoms with Crippen molar-refractivity contribution in [2.24, 2.45) is 0 Å². The van der Waals surface area contributed by atoms with Gasteiger partial charge >= 0.3 is 17.8 Å². The highest BCUT2D eigenvalue weighted by atomic mass is 19.4. The molecule has 1 atom stereocenters. The number of nitrogens with zero attached hydrogens (tertiary/aromatic N) is 2. The summed E-state index contributed by atoms with van der Waals surface area (Å²) in [5, 5.41) is 3.13. The second-order valence-corrected chi connectivity index (χ2v) is 10.2. The van der Waals surface area contributed by atoms with E-state index in [1.807, 2.05) is 0 Å². The molecule has 0 aliphatic heterocycles. The van der Waals surface area contributed by atoms with Crippen molar-refractivity contribution in [3.8, 4) is 16.9 Å². The first-order valence-corrected chi connectivity index (χ1v) is 14.3. The minimum Gasteiger partial charge on any atom is -0.482 e. The van der Waals surface area contributed by atoms with Crippen LogP contribution in [-0.2, 0) is 28.8 Å². The molecular weight excluding hydrogens is 594 g/mol. The molecule has 8 nitrogen and oxygen atoms in total. The number of carbonyl (C=O) groups is 1. The summed E-state index contributed by atoms with van der Waals surface area (Å²) in [6, 6.07) is 17.5. The topological polar surface area (TPSA) is 91.6 Å². The van der Waals surface area contributed by atoms with Gasteiger partial charge in [0.05, 0.1) is 24.3 Å². The van der Waals surface area contributed by atoms with Gasteiger partial charge in [-0.25, -0.2) is 14.0 Å². The van der Waals surface area contributed by atoms with E-state index in [1.54, 1.807) is 68.6 Å². The van der Waals surface area contributed by atoms with Crippen LogP contribution in [0.5, 0.6) is 5.75 Å². The van der Waals surface area contributed by atoms with E-state index >= 15 is 0 Å². The second kappa shape index (κ2) is 14.4. The zero-order valence-corrected chi connectivity index (χ0v) is 25.0. The molecule has 45 heavy (non-hydrogen) atoms. The highest BCUT2D eigenvalue weighted by molar-refractivity contribution is 5.71. The SMILES string of the molecule is CCOC(=O)COc1ccccc1[C@H](CCn1c(=O)c(-c2ccccc2)c(C)n(Cc2c(F)cccc2C(F)(F)F)c1=O)NC. The lowest BCUT2D eigenvalue weighted by atomic mass is 10.0. The van der Waals surface area contributed by atoms with E-state index in [0.717, 1.165) is 27.3 Å². The van der Waals surface area contributed by atoms with Crippen molar-refractivity contribution in [1.82, 2.24) is 14.5 Å². The van der Waals surface area contributed by atoms with Crippen LogP contribution in [0.2, 0.25) is 0 Å². The standard InChI is InChI=1S/C33H33F4N3O5/c1-4-44-29(41)20-45-28-16-9-8-13-23(28)27(38-3)17-18-39-31(42)30(22-11-6-5-7-12-22)21(2)40(32(39)43)19-24-25(33(35,36)37)14-10-15-26(24)34/h5-16,27,38H,4,17-20H2,1-3H3/t27-/m0/s1. The van der Waals surface area contributed by atoms with Crippen LogP contribution >= 0.6 is 0 Å². The highest BCUT2D eigenvalue weighted by Gasteiger charge is 2.35. The molecule has 0 aliphatic carbocycles. The average molecular weight is 628 g/mol. The maximum absolute atomic E-state index is 14.9. The zero-order chi connectivity index (χ0) is 32.7. The molecule has 0 radical (unpaired) electrons. The Labute approximate surface area is 256 Å². The van der Waals surface area contributed by atoms with Crippen LogP contribution in [0.25, 0.3) is 11.1 Å². The molecule has 0 fully saturated rings. The van der Waals surface area contributed by atoms with E-state index in [0.29, 0.717) is 16.9 Å². The van der Waals surface area contributed by atoms with Gasteiger partial charge in [0.15, 0.2) is 6.61 Å². The minimum absolute atomic E-state index is 0.103. The Morgan fingerprint density at radius 2 is 1.64 bits per heavy atom. The Hall–Kier alpha value is -4.71. The number of esters is 1. The van der Waals surface area contributed by atoms with E-state index in [9.17, 15) is 31.9 Å². The number of hydrogen-bond donors (Lipinski definition) is 1. The number of hydrogen-bond acceptors (Lipinski definition) is 6. The lowest BCUT2D eigenvalue weighted by Crippen LogP contribution is -2.43. The molecule has 4 aromatic rings. The summed E-state index contributed by atoms with van der Waals surface area (Å²) in [5.74, 6) is -1.27. The number of rotatable bonds is 12. The van der Waals surface area contributed by atoms with Gasteiger partial charge in [-0.15, -0.1) is 0 Å². The maximum Gasteiger partial charge on any atom is 0.416 e. The van der Waals surface area contributed by atoms with Gasteiger partial charge < -0.3 is 14.8 Å². The predicted molar refractivity (Wildman–Crippen MR) is 161 cm³/mol. The molecule has 3 aromatic carbocycles. The number of halogens is 4. The van der Waals surface area contributed by atoms with E-state index in [-0.39, 0.29) is 37.4 Å². The number of benzene rings is 3. The number of aromatic nitrogens is 2. The zero-order valence-electron chi connectivity index (χ0n) is 25.0. The molecule has 0 aliphatic rings. The smallest absolute Gasteiger partial charge is 0.416 e. The van der Waals surface area contributed by atoms with Gasteiger partial charge in [0, 0.05) is 29.4 Å². The Morgan fingerprint density at radius 3 is 2.31 bits per heavy atom. The van der Waals surface area contributed by atoms with Gasteiger partial charge in [0.1, 0.15) is 11.6 Å². The van der Waals surface area contributed by atoms with E-state index in [2.05, 4.69) is 5.32 Å². The van der Waals surface area contributed by atoms with E-state index in [1.165, 1.54) is 6.92 Å². The lowest BCUT2D eigenvalue weighted by Gasteiger charge is -2.22. The number of para-hydroxylation sites is 1. The lowest BCUT2D eigenvalue weighted by molar-refractivity contribution is -0.145. The average Bonchev–Trinajstić information content (AvgIpc) is 3.01. The third-order valence-electron chi connectivity index (χ3n) is 7.43. The summed E-state index contributed by atoms with van der Waals surface area (Å²) in [6.45, 7) is 2.13. The predicted octanol–water partition coefficient (Wildman–Crippen LogP) is 5.48. The number of nitrogens with one attached hydrogen (secondary N) is 1. The molecular formula is C33H33F4N3O5. The summed E-state index contributed by atoms with van der Waals surface area (Å²) in [6.07, 6.45) is -4.69. The summed E-state index contributed by atoms with van der Waals surface area (Å²) in [7, 11) is 1.68. The third kappa shape index (κ3) is 7.51. The van der Waals surface area contributed by atoms with Gasteiger partial charge in [0.2, 0.25) is 0 Å². The fourth-order valence-electron chi connectivity index (χ4n) is 5.22. The second-order valence-electron chi connectivity index (χ2n) is 10.2. The summed E-state index contributed by atoms with van der Waals surface area (Å²) >= 11 is 0.